The number of halogens is 1. The molecule has 0 saturated heterocycles. The molecule has 0 aliphatic carbocycles. The number of anilines is 1. The number of aromatic nitrogens is 1. The van der Waals surface area contributed by atoms with E-state index < -0.39 is 4.92 Å². The van der Waals surface area contributed by atoms with E-state index in [-0.39, 0.29) is 29.6 Å². The molecule has 0 radical (unpaired) electrons. The van der Waals surface area contributed by atoms with Crippen molar-refractivity contribution in [3.8, 4) is 0 Å². The molecular weight excluding hydrogens is 432 g/mol. The number of nitro groups is 1. The van der Waals surface area contributed by atoms with Gasteiger partial charge >= 0.3 is 0 Å². The number of non-ortho nitro benzene ring substituents is 1. The van der Waals surface area contributed by atoms with Gasteiger partial charge in [-0.2, -0.15) is 0 Å². The highest BCUT2D eigenvalue weighted by Crippen LogP contribution is 2.32. The van der Waals surface area contributed by atoms with E-state index in [0.29, 0.717) is 18.2 Å². The number of hydrogen-bond donors (Lipinski definition) is 0. The van der Waals surface area contributed by atoms with Gasteiger partial charge in [0.15, 0.2) is 5.13 Å². The molecule has 0 bridgehead atoms. The third-order valence-corrected chi connectivity index (χ3v) is 5.90. The zero-order chi connectivity index (χ0) is 20.3. The summed E-state index contributed by atoms with van der Waals surface area (Å²) in [5.74, 6) is -0.297. The van der Waals surface area contributed by atoms with Crippen molar-refractivity contribution in [2.24, 2.45) is 0 Å². The molecule has 154 valence electrons. The molecule has 3 aromatic rings. The van der Waals surface area contributed by atoms with Gasteiger partial charge in [-0.1, -0.05) is 17.4 Å². The van der Waals surface area contributed by atoms with Gasteiger partial charge < -0.3 is 4.90 Å². The number of nitro benzene ring substituents is 1. The minimum atomic E-state index is -0.497. The van der Waals surface area contributed by atoms with Crippen molar-refractivity contribution in [2.75, 3.05) is 38.3 Å². The molecule has 0 fully saturated rings. The van der Waals surface area contributed by atoms with Crippen molar-refractivity contribution in [1.29, 1.82) is 0 Å². The maximum absolute atomic E-state index is 13.2. The molecule has 0 saturated carbocycles. The van der Waals surface area contributed by atoms with Crippen molar-refractivity contribution in [1.82, 2.24) is 9.88 Å². The first-order valence-electron chi connectivity index (χ1n) is 8.54. The summed E-state index contributed by atoms with van der Waals surface area (Å²) < 4.78 is 1.00. The number of carbonyl (C=O) groups is 1. The molecule has 0 unspecified atom stereocenters. The molecule has 0 aliphatic rings. The minimum absolute atomic E-state index is 0. The van der Waals surface area contributed by atoms with Gasteiger partial charge in [0.25, 0.3) is 11.6 Å². The Kier molecular flexibility index (Phi) is 7.97. The fourth-order valence-corrected chi connectivity index (χ4v) is 4.17. The van der Waals surface area contributed by atoms with E-state index in [0.717, 1.165) is 15.1 Å². The van der Waals surface area contributed by atoms with Crippen LogP contribution >= 0.6 is 35.5 Å². The number of fused-ring (bicyclic) bond motifs is 1. The first kappa shape index (κ1) is 23.1. The van der Waals surface area contributed by atoms with Gasteiger partial charge in [-0.25, -0.2) is 4.98 Å². The maximum Gasteiger partial charge on any atom is 0.270 e. The van der Waals surface area contributed by atoms with Crippen LogP contribution in [0.3, 0.4) is 0 Å². The van der Waals surface area contributed by atoms with E-state index in [1.54, 1.807) is 22.7 Å². The van der Waals surface area contributed by atoms with E-state index in [4.69, 9.17) is 0 Å². The Balaban J connectivity index is 0.00000300. The number of nitrogens with zero attached hydrogens (tertiary/aromatic N) is 4. The molecule has 0 spiro atoms. The summed E-state index contributed by atoms with van der Waals surface area (Å²) in [5.41, 5.74) is 1.00. The van der Waals surface area contributed by atoms with Crippen LogP contribution < -0.4 is 4.90 Å². The average molecular weight is 453 g/mol. The molecule has 10 heteroatoms. The zero-order valence-electron chi connectivity index (χ0n) is 16.2. The van der Waals surface area contributed by atoms with Crippen LogP contribution in [0.25, 0.3) is 10.2 Å². The quantitative estimate of drug-likeness (QED) is 0.297. The second kappa shape index (κ2) is 10.0. The number of hydrogen-bond acceptors (Lipinski definition) is 7. The lowest BCUT2D eigenvalue weighted by Gasteiger charge is -2.22. The van der Waals surface area contributed by atoms with Gasteiger partial charge in [-0.3, -0.25) is 19.8 Å². The SMILES string of the molecule is CSc1ccc2nc(N(CCN(C)C)C(=O)c3cccc([N+](=O)[O-])c3)sc2c1.Cl. The Morgan fingerprint density at radius 1 is 1.21 bits per heavy atom. The molecule has 7 nitrogen and oxygen atoms in total. The van der Waals surface area contributed by atoms with E-state index in [1.165, 1.54) is 29.5 Å². The Morgan fingerprint density at radius 2 is 1.97 bits per heavy atom. The summed E-state index contributed by atoms with van der Waals surface area (Å²) in [5, 5.41) is 11.7. The van der Waals surface area contributed by atoms with Gasteiger partial charge in [-0.15, -0.1) is 24.2 Å². The van der Waals surface area contributed by atoms with Crippen LogP contribution in [-0.2, 0) is 0 Å². The summed E-state index contributed by atoms with van der Waals surface area (Å²) in [7, 11) is 3.86. The summed E-state index contributed by atoms with van der Waals surface area (Å²) in [6, 6.07) is 11.8. The van der Waals surface area contributed by atoms with Crippen molar-refractivity contribution >= 4 is 62.4 Å². The molecule has 1 amide bonds. The molecule has 1 heterocycles. The van der Waals surface area contributed by atoms with Crippen LogP contribution in [-0.4, -0.2) is 54.2 Å². The molecule has 2 aromatic carbocycles. The highest BCUT2D eigenvalue weighted by molar-refractivity contribution is 7.98. The fraction of sp³-hybridized carbons (Fsp3) is 0.263. The smallest absolute Gasteiger partial charge is 0.270 e. The van der Waals surface area contributed by atoms with Crippen molar-refractivity contribution in [2.45, 2.75) is 4.90 Å². The van der Waals surface area contributed by atoms with E-state index in [2.05, 4.69) is 11.1 Å². The molecule has 29 heavy (non-hydrogen) atoms. The van der Waals surface area contributed by atoms with Crippen LogP contribution in [0.15, 0.2) is 47.4 Å². The van der Waals surface area contributed by atoms with Crippen LogP contribution in [0, 0.1) is 10.1 Å². The van der Waals surface area contributed by atoms with E-state index in [9.17, 15) is 14.9 Å². The summed E-state index contributed by atoms with van der Waals surface area (Å²) >= 11 is 3.10. The van der Waals surface area contributed by atoms with E-state index in [1.807, 2.05) is 37.4 Å². The van der Waals surface area contributed by atoms with Crippen molar-refractivity contribution in [3.63, 3.8) is 0 Å². The highest BCUT2D eigenvalue weighted by Gasteiger charge is 2.23. The monoisotopic (exact) mass is 452 g/mol. The second-order valence-corrected chi connectivity index (χ2v) is 8.29. The van der Waals surface area contributed by atoms with Crippen LogP contribution in [0.5, 0.6) is 0 Å². The summed E-state index contributed by atoms with van der Waals surface area (Å²) in [4.78, 5) is 33.1. The second-order valence-electron chi connectivity index (χ2n) is 6.40. The number of likely N-dealkylation sites (N-methyl/N-ethyl adjacent to an activating group) is 1. The van der Waals surface area contributed by atoms with E-state index >= 15 is 0 Å². The third kappa shape index (κ3) is 5.45. The highest BCUT2D eigenvalue weighted by atomic mass is 35.5. The van der Waals surface area contributed by atoms with Crippen LogP contribution in [0.4, 0.5) is 10.8 Å². The Labute approximate surface area is 183 Å². The topological polar surface area (TPSA) is 79.6 Å². The molecule has 3 rings (SSSR count). The van der Waals surface area contributed by atoms with Gasteiger partial charge in [0.05, 0.1) is 15.1 Å². The summed E-state index contributed by atoms with van der Waals surface area (Å²) in [6.45, 7) is 1.08. The number of benzene rings is 2. The summed E-state index contributed by atoms with van der Waals surface area (Å²) in [6.07, 6.45) is 2.01. The lowest BCUT2D eigenvalue weighted by Crippen LogP contribution is -2.36. The normalized spacial score (nSPS) is 10.8. The zero-order valence-corrected chi connectivity index (χ0v) is 18.6. The maximum atomic E-state index is 13.2. The molecule has 0 aliphatic heterocycles. The largest absolute Gasteiger partial charge is 0.308 e. The van der Waals surface area contributed by atoms with Crippen molar-refractivity contribution in [3.05, 3.63) is 58.1 Å². The molecule has 1 aromatic heterocycles. The molecular formula is C19H21ClN4O3S2. The molecule has 0 atom stereocenters. The number of thiazole rings is 1. The van der Waals surface area contributed by atoms with Crippen LogP contribution in [0.1, 0.15) is 10.4 Å². The average Bonchev–Trinajstić information content (AvgIpc) is 3.10. The fourth-order valence-electron chi connectivity index (χ4n) is 2.63. The number of amides is 1. The van der Waals surface area contributed by atoms with Gasteiger partial charge in [0.1, 0.15) is 0 Å². The van der Waals surface area contributed by atoms with Crippen molar-refractivity contribution < 1.29 is 9.72 Å². The predicted octanol–water partition coefficient (Wildman–Crippen LogP) is 4.56. The third-order valence-electron chi connectivity index (χ3n) is 4.14. The Hall–Kier alpha value is -2.20. The number of rotatable bonds is 7. The minimum Gasteiger partial charge on any atom is -0.308 e. The number of thioether (sulfide) groups is 1. The predicted molar refractivity (Wildman–Crippen MR) is 122 cm³/mol. The Morgan fingerprint density at radius 3 is 2.62 bits per heavy atom. The van der Waals surface area contributed by atoms with Crippen LogP contribution in [0.2, 0.25) is 0 Å². The van der Waals surface area contributed by atoms with Gasteiger partial charge in [-0.05, 0) is 44.6 Å². The Bertz CT molecular complexity index is 1030. The molecule has 0 N–H and O–H groups in total. The lowest BCUT2D eigenvalue weighted by molar-refractivity contribution is -0.384. The lowest BCUT2D eigenvalue weighted by atomic mass is 10.2. The first-order valence-corrected chi connectivity index (χ1v) is 10.6. The standard InChI is InChI=1S/C19H20N4O3S2.ClH/c1-21(2)9-10-22(18(24)13-5-4-6-14(11-13)23(25)26)19-20-16-8-7-15(27-3)12-17(16)28-19;/h4-8,11-12H,9-10H2,1-3H3;1H. The number of carbonyl (C=O) groups excluding carboxylic acids is 1. The first-order chi connectivity index (χ1) is 13.4. The van der Waals surface area contributed by atoms with Gasteiger partial charge in [0, 0.05) is 35.7 Å². The van der Waals surface area contributed by atoms with Gasteiger partial charge in [0.2, 0.25) is 0 Å².